The highest BCUT2D eigenvalue weighted by molar-refractivity contribution is 5.94. The molecule has 4 rings (SSSR count). The number of amides is 1. The summed E-state index contributed by atoms with van der Waals surface area (Å²) in [6.45, 7) is 0. The van der Waals surface area contributed by atoms with Gasteiger partial charge >= 0.3 is 0 Å². The number of carbonyl (C=O) groups is 1. The minimum atomic E-state index is -2.65. The maximum atomic E-state index is 13.3. The number of benzene rings is 1. The summed E-state index contributed by atoms with van der Waals surface area (Å²) < 4.78 is 27.7. The van der Waals surface area contributed by atoms with Crippen LogP contribution in [0.3, 0.4) is 0 Å². The van der Waals surface area contributed by atoms with Gasteiger partial charge in [0.2, 0.25) is 11.8 Å². The molecule has 1 aliphatic carbocycles. The standard InChI is InChI=1S/C22H19F2N5O2/c23-22(24)9-7-17(8-10-22)28-20(30)16-5-6-19(26-12-16)29-21(31)18(13-27-29)15-3-1-14(11-25)2-4-15/h1-6,12-13,17,31H,7-10H2,(H,28,30). The first-order chi connectivity index (χ1) is 14.9. The van der Waals surface area contributed by atoms with Crippen molar-refractivity contribution in [2.75, 3.05) is 0 Å². The molecule has 0 atom stereocenters. The normalized spacial score (nSPS) is 15.9. The van der Waals surface area contributed by atoms with Crippen LogP contribution < -0.4 is 5.32 Å². The number of rotatable bonds is 4. The van der Waals surface area contributed by atoms with Crippen molar-refractivity contribution in [2.45, 2.75) is 37.6 Å². The van der Waals surface area contributed by atoms with Gasteiger partial charge in [0, 0.05) is 25.1 Å². The van der Waals surface area contributed by atoms with Crippen LogP contribution in [0.2, 0.25) is 0 Å². The maximum Gasteiger partial charge on any atom is 0.253 e. The van der Waals surface area contributed by atoms with Gasteiger partial charge in [-0.15, -0.1) is 0 Å². The number of aromatic hydroxyl groups is 1. The van der Waals surface area contributed by atoms with E-state index in [1.165, 1.54) is 23.1 Å². The number of pyridine rings is 1. The summed E-state index contributed by atoms with van der Waals surface area (Å²) >= 11 is 0. The van der Waals surface area contributed by atoms with E-state index in [0.717, 1.165) is 0 Å². The molecular weight excluding hydrogens is 404 g/mol. The Morgan fingerprint density at radius 3 is 2.48 bits per heavy atom. The van der Waals surface area contributed by atoms with Crippen molar-refractivity contribution < 1.29 is 18.7 Å². The van der Waals surface area contributed by atoms with E-state index < -0.39 is 5.92 Å². The zero-order chi connectivity index (χ0) is 22.0. The number of carbonyl (C=O) groups excluding carboxylic acids is 1. The summed E-state index contributed by atoms with van der Waals surface area (Å²) in [5, 5.41) is 26.4. The first-order valence-electron chi connectivity index (χ1n) is 9.79. The van der Waals surface area contributed by atoms with Crippen LogP contribution in [0.1, 0.15) is 41.6 Å². The second kappa shape index (κ2) is 8.14. The van der Waals surface area contributed by atoms with Crippen molar-refractivity contribution in [3.63, 3.8) is 0 Å². The smallest absolute Gasteiger partial charge is 0.253 e. The Kier molecular flexibility index (Phi) is 5.38. The molecule has 2 aromatic heterocycles. The average Bonchev–Trinajstić information content (AvgIpc) is 3.16. The lowest BCUT2D eigenvalue weighted by molar-refractivity contribution is -0.0399. The minimum absolute atomic E-state index is 0.127. The lowest BCUT2D eigenvalue weighted by atomic mass is 9.92. The van der Waals surface area contributed by atoms with Gasteiger partial charge in [0.15, 0.2) is 5.82 Å². The molecule has 0 bridgehead atoms. The van der Waals surface area contributed by atoms with E-state index in [1.807, 2.05) is 6.07 Å². The molecule has 1 saturated carbocycles. The molecule has 2 heterocycles. The molecule has 1 aromatic carbocycles. The summed E-state index contributed by atoms with van der Waals surface area (Å²) in [5.41, 5.74) is 1.96. The Labute approximate surface area is 177 Å². The van der Waals surface area contributed by atoms with Gasteiger partial charge in [-0.2, -0.15) is 15.0 Å². The molecule has 2 N–H and O–H groups in total. The number of nitrogens with one attached hydrogen (secondary N) is 1. The molecule has 7 nitrogen and oxygen atoms in total. The fourth-order valence-corrected chi connectivity index (χ4v) is 3.54. The van der Waals surface area contributed by atoms with Crippen molar-refractivity contribution in [2.24, 2.45) is 0 Å². The number of nitriles is 1. The highest BCUT2D eigenvalue weighted by Crippen LogP contribution is 2.33. The van der Waals surface area contributed by atoms with Crippen LogP contribution in [0.25, 0.3) is 16.9 Å². The third-order valence-corrected chi connectivity index (χ3v) is 5.35. The van der Waals surface area contributed by atoms with Gasteiger partial charge in [-0.3, -0.25) is 4.79 Å². The average molecular weight is 423 g/mol. The number of hydrogen-bond acceptors (Lipinski definition) is 5. The van der Waals surface area contributed by atoms with Gasteiger partial charge in [-0.1, -0.05) is 12.1 Å². The highest BCUT2D eigenvalue weighted by Gasteiger charge is 2.35. The molecule has 9 heteroatoms. The zero-order valence-corrected chi connectivity index (χ0v) is 16.4. The second-order valence-electron chi connectivity index (χ2n) is 7.49. The molecule has 1 fully saturated rings. The van der Waals surface area contributed by atoms with E-state index >= 15 is 0 Å². The van der Waals surface area contributed by atoms with Crippen LogP contribution >= 0.6 is 0 Å². The fourth-order valence-electron chi connectivity index (χ4n) is 3.54. The predicted molar refractivity (Wildman–Crippen MR) is 108 cm³/mol. The predicted octanol–water partition coefficient (Wildman–Crippen LogP) is 3.82. The molecule has 158 valence electrons. The molecule has 0 unspecified atom stereocenters. The molecular formula is C22H19F2N5O2. The van der Waals surface area contributed by atoms with Crippen molar-refractivity contribution in [3.05, 3.63) is 59.9 Å². The summed E-state index contributed by atoms with van der Waals surface area (Å²) in [6, 6.07) is 11.5. The van der Waals surface area contributed by atoms with Gasteiger partial charge in [0.05, 0.1) is 29.0 Å². The molecule has 31 heavy (non-hydrogen) atoms. The lowest BCUT2D eigenvalue weighted by Gasteiger charge is -2.28. The van der Waals surface area contributed by atoms with Crippen LogP contribution in [-0.2, 0) is 0 Å². The van der Waals surface area contributed by atoms with Gasteiger partial charge in [0.25, 0.3) is 5.91 Å². The maximum absolute atomic E-state index is 13.3. The molecule has 3 aromatic rings. The van der Waals surface area contributed by atoms with E-state index in [2.05, 4.69) is 15.4 Å². The molecule has 0 spiro atoms. The Balaban J connectivity index is 1.46. The van der Waals surface area contributed by atoms with Crippen LogP contribution in [0, 0.1) is 11.3 Å². The van der Waals surface area contributed by atoms with Crippen LogP contribution in [0.4, 0.5) is 8.78 Å². The van der Waals surface area contributed by atoms with Crippen LogP contribution in [0.15, 0.2) is 48.8 Å². The molecule has 0 aliphatic heterocycles. The SMILES string of the molecule is N#Cc1ccc(-c2cnn(-c3ccc(C(=O)NC4CCC(F)(F)CC4)cn3)c2O)cc1. The van der Waals surface area contributed by atoms with Gasteiger partial charge < -0.3 is 10.4 Å². The molecule has 0 radical (unpaired) electrons. The number of alkyl halides is 2. The third kappa shape index (κ3) is 4.38. The van der Waals surface area contributed by atoms with Crippen LogP contribution in [0.5, 0.6) is 5.88 Å². The fraction of sp³-hybridized carbons (Fsp3) is 0.273. The number of halogens is 2. The van der Waals surface area contributed by atoms with Crippen molar-refractivity contribution >= 4 is 5.91 Å². The minimum Gasteiger partial charge on any atom is -0.493 e. The Morgan fingerprint density at radius 2 is 1.87 bits per heavy atom. The first-order valence-corrected chi connectivity index (χ1v) is 9.79. The largest absolute Gasteiger partial charge is 0.493 e. The summed E-state index contributed by atoms with van der Waals surface area (Å²) in [4.78, 5) is 16.6. The number of nitrogens with zero attached hydrogens (tertiary/aromatic N) is 4. The van der Waals surface area contributed by atoms with Crippen molar-refractivity contribution in [1.82, 2.24) is 20.1 Å². The number of hydrogen-bond donors (Lipinski definition) is 2. The number of aromatic nitrogens is 3. The molecule has 1 amide bonds. The van der Waals surface area contributed by atoms with Gasteiger partial charge in [0.1, 0.15) is 0 Å². The second-order valence-corrected chi connectivity index (χ2v) is 7.49. The third-order valence-electron chi connectivity index (χ3n) is 5.35. The Morgan fingerprint density at radius 1 is 1.16 bits per heavy atom. The molecule has 1 aliphatic rings. The monoisotopic (exact) mass is 423 g/mol. The quantitative estimate of drug-likeness (QED) is 0.664. The highest BCUT2D eigenvalue weighted by atomic mass is 19.3. The molecule has 0 saturated heterocycles. The first kappa shape index (κ1) is 20.5. The van der Waals surface area contributed by atoms with E-state index in [4.69, 9.17) is 5.26 Å². The zero-order valence-electron chi connectivity index (χ0n) is 16.4. The summed E-state index contributed by atoms with van der Waals surface area (Å²) in [6.07, 6.45) is 2.86. The van der Waals surface area contributed by atoms with Crippen molar-refractivity contribution in [3.8, 4) is 28.9 Å². The van der Waals surface area contributed by atoms with Gasteiger partial charge in [-0.05, 0) is 42.7 Å². The van der Waals surface area contributed by atoms with E-state index in [9.17, 15) is 18.7 Å². The van der Waals surface area contributed by atoms with Crippen LogP contribution in [-0.4, -0.2) is 37.7 Å². The van der Waals surface area contributed by atoms with E-state index in [1.54, 1.807) is 30.3 Å². The van der Waals surface area contributed by atoms with E-state index in [-0.39, 0.29) is 43.5 Å². The van der Waals surface area contributed by atoms with E-state index in [0.29, 0.717) is 28.1 Å². The Bertz CT molecular complexity index is 1120. The topological polar surface area (TPSA) is 104 Å². The summed E-state index contributed by atoms with van der Waals surface area (Å²) in [7, 11) is 0. The van der Waals surface area contributed by atoms with Crippen molar-refractivity contribution in [1.29, 1.82) is 5.26 Å². The van der Waals surface area contributed by atoms with Gasteiger partial charge in [-0.25, -0.2) is 13.8 Å². The lowest BCUT2D eigenvalue weighted by Crippen LogP contribution is -2.40. The summed E-state index contributed by atoms with van der Waals surface area (Å²) in [5.74, 6) is -2.84. The Hall–Kier alpha value is -3.80.